The van der Waals surface area contributed by atoms with Crippen molar-refractivity contribution in [3.63, 3.8) is 0 Å². The topological polar surface area (TPSA) is 50.9 Å². The molecule has 3 N–H and O–H groups in total. The molecule has 0 aliphatic heterocycles. The highest BCUT2D eigenvalue weighted by Crippen LogP contribution is 2.31. The van der Waals surface area contributed by atoms with Crippen molar-refractivity contribution in [2.24, 2.45) is 11.7 Å². The highest BCUT2D eigenvalue weighted by molar-refractivity contribution is 7.80. The normalized spacial score (nSPS) is 12.4. The molecule has 2 rings (SSSR count). The SMILES string of the molecule is Cc1cc(C)c(C(N)=S)c(NC(c2cccs2)C(C)C)n1. The van der Waals surface area contributed by atoms with Gasteiger partial charge in [0.25, 0.3) is 0 Å². The van der Waals surface area contributed by atoms with Crippen LogP contribution >= 0.6 is 23.6 Å². The fraction of sp³-hybridized carbons (Fsp3) is 0.375. The van der Waals surface area contributed by atoms with Crippen molar-refractivity contribution in [2.75, 3.05) is 5.32 Å². The standard InChI is InChI=1S/C16H21N3S2/c1-9(2)14(12-6-5-7-21-12)19-16-13(15(17)20)10(3)8-11(4)18-16/h5-9,14H,1-4H3,(H2,17,20)(H,18,19). The summed E-state index contributed by atoms with van der Waals surface area (Å²) in [6.45, 7) is 8.39. The number of anilines is 1. The second-order valence-electron chi connectivity index (χ2n) is 5.55. The van der Waals surface area contributed by atoms with Gasteiger partial charge in [0.1, 0.15) is 10.8 Å². The van der Waals surface area contributed by atoms with Crippen LogP contribution in [0, 0.1) is 19.8 Å². The summed E-state index contributed by atoms with van der Waals surface area (Å²) in [5.41, 5.74) is 8.76. The number of thiophene rings is 1. The van der Waals surface area contributed by atoms with E-state index in [4.69, 9.17) is 18.0 Å². The molecular formula is C16H21N3S2. The smallest absolute Gasteiger partial charge is 0.137 e. The number of pyridine rings is 1. The highest BCUT2D eigenvalue weighted by Gasteiger charge is 2.20. The average Bonchev–Trinajstić information content (AvgIpc) is 2.87. The summed E-state index contributed by atoms with van der Waals surface area (Å²) < 4.78 is 0. The van der Waals surface area contributed by atoms with Crippen LogP contribution in [0.3, 0.4) is 0 Å². The number of aromatic nitrogens is 1. The molecule has 0 radical (unpaired) electrons. The lowest BCUT2D eigenvalue weighted by atomic mass is 10.0. The third kappa shape index (κ3) is 3.60. The molecule has 112 valence electrons. The van der Waals surface area contributed by atoms with Gasteiger partial charge in [-0.25, -0.2) is 4.98 Å². The predicted molar refractivity (Wildman–Crippen MR) is 95.1 cm³/mol. The Morgan fingerprint density at radius 2 is 2.10 bits per heavy atom. The van der Waals surface area contributed by atoms with Crippen LogP contribution in [-0.2, 0) is 0 Å². The van der Waals surface area contributed by atoms with E-state index in [1.54, 1.807) is 11.3 Å². The minimum Gasteiger partial charge on any atom is -0.389 e. The Hall–Kier alpha value is -1.46. The summed E-state index contributed by atoms with van der Waals surface area (Å²) in [6, 6.07) is 6.42. The molecule has 0 bridgehead atoms. The predicted octanol–water partition coefficient (Wildman–Crippen LogP) is 4.20. The van der Waals surface area contributed by atoms with Crippen LogP contribution in [0.4, 0.5) is 5.82 Å². The molecule has 0 aliphatic carbocycles. The molecule has 5 heteroatoms. The van der Waals surface area contributed by atoms with Crippen LogP contribution in [0.5, 0.6) is 0 Å². The van der Waals surface area contributed by atoms with Crippen LogP contribution in [0.15, 0.2) is 23.6 Å². The van der Waals surface area contributed by atoms with Gasteiger partial charge in [-0.15, -0.1) is 11.3 Å². The Balaban J connectivity index is 2.44. The van der Waals surface area contributed by atoms with E-state index in [1.165, 1.54) is 4.88 Å². The molecule has 0 amide bonds. The van der Waals surface area contributed by atoms with E-state index < -0.39 is 0 Å². The first-order chi connectivity index (χ1) is 9.90. The quantitative estimate of drug-likeness (QED) is 0.811. The van der Waals surface area contributed by atoms with Gasteiger partial charge in [-0.1, -0.05) is 32.1 Å². The summed E-state index contributed by atoms with van der Waals surface area (Å²) in [5, 5.41) is 5.64. The van der Waals surface area contributed by atoms with Crippen LogP contribution in [0.2, 0.25) is 0 Å². The van der Waals surface area contributed by atoms with Gasteiger partial charge in [0.15, 0.2) is 0 Å². The summed E-state index contributed by atoms with van der Waals surface area (Å²) >= 11 is 6.95. The molecule has 2 aromatic rings. The van der Waals surface area contributed by atoms with E-state index in [2.05, 4.69) is 41.7 Å². The highest BCUT2D eigenvalue weighted by atomic mass is 32.1. The van der Waals surface area contributed by atoms with Gasteiger partial charge in [0, 0.05) is 10.6 Å². The molecule has 3 nitrogen and oxygen atoms in total. The molecule has 21 heavy (non-hydrogen) atoms. The number of aryl methyl sites for hydroxylation is 2. The second kappa shape index (κ2) is 6.54. The monoisotopic (exact) mass is 319 g/mol. The molecule has 2 heterocycles. The van der Waals surface area contributed by atoms with E-state index in [0.717, 1.165) is 22.6 Å². The maximum atomic E-state index is 5.89. The Labute approximate surface area is 135 Å². The molecule has 0 saturated heterocycles. The molecule has 0 spiro atoms. The minimum atomic E-state index is 0.201. The van der Waals surface area contributed by atoms with Crippen LogP contribution in [0.1, 0.15) is 41.6 Å². The van der Waals surface area contributed by atoms with Gasteiger partial charge in [-0.05, 0) is 42.8 Å². The molecule has 0 aromatic carbocycles. The van der Waals surface area contributed by atoms with Gasteiger partial charge in [0.05, 0.1) is 11.6 Å². The van der Waals surface area contributed by atoms with Crippen molar-refractivity contribution in [3.05, 3.63) is 45.3 Å². The lowest BCUT2D eigenvalue weighted by molar-refractivity contribution is 0.552. The van der Waals surface area contributed by atoms with E-state index >= 15 is 0 Å². The van der Waals surface area contributed by atoms with Crippen molar-refractivity contribution < 1.29 is 0 Å². The lowest BCUT2D eigenvalue weighted by Crippen LogP contribution is -2.21. The first kappa shape index (κ1) is 15.9. The third-order valence-corrected chi connectivity index (χ3v) is 4.56. The van der Waals surface area contributed by atoms with Crippen LogP contribution in [0.25, 0.3) is 0 Å². The lowest BCUT2D eigenvalue weighted by Gasteiger charge is -2.24. The van der Waals surface area contributed by atoms with Crippen molar-refractivity contribution >= 4 is 34.4 Å². The Kier molecular flexibility index (Phi) is 4.96. The number of thiocarbonyl (C=S) groups is 1. The van der Waals surface area contributed by atoms with Gasteiger partial charge >= 0.3 is 0 Å². The van der Waals surface area contributed by atoms with Crippen molar-refractivity contribution in [1.82, 2.24) is 4.98 Å². The largest absolute Gasteiger partial charge is 0.389 e. The number of nitrogens with one attached hydrogen (secondary N) is 1. The maximum absolute atomic E-state index is 5.89. The Bertz CT molecular complexity index is 633. The molecule has 0 aliphatic rings. The number of rotatable bonds is 5. The zero-order chi connectivity index (χ0) is 15.6. The van der Waals surface area contributed by atoms with Crippen molar-refractivity contribution in [3.8, 4) is 0 Å². The first-order valence-corrected chi connectivity index (χ1v) is 8.27. The average molecular weight is 319 g/mol. The van der Waals surface area contributed by atoms with Gasteiger partial charge < -0.3 is 11.1 Å². The van der Waals surface area contributed by atoms with Crippen molar-refractivity contribution in [1.29, 1.82) is 0 Å². The number of hydrogen-bond donors (Lipinski definition) is 2. The fourth-order valence-corrected chi connectivity index (χ4v) is 3.64. The Morgan fingerprint density at radius 1 is 1.38 bits per heavy atom. The minimum absolute atomic E-state index is 0.201. The summed E-state index contributed by atoms with van der Waals surface area (Å²) in [4.78, 5) is 6.29. The molecular weight excluding hydrogens is 298 g/mol. The van der Waals surface area contributed by atoms with Gasteiger partial charge in [0.2, 0.25) is 0 Å². The summed E-state index contributed by atoms with van der Waals surface area (Å²) in [7, 11) is 0. The zero-order valence-electron chi connectivity index (χ0n) is 12.8. The maximum Gasteiger partial charge on any atom is 0.137 e. The molecule has 2 aromatic heterocycles. The second-order valence-corrected chi connectivity index (χ2v) is 6.97. The summed E-state index contributed by atoms with van der Waals surface area (Å²) in [5.74, 6) is 1.22. The number of nitrogens with zero attached hydrogens (tertiary/aromatic N) is 1. The summed E-state index contributed by atoms with van der Waals surface area (Å²) in [6.07, 6.45) is 0. The molecule has 1 atom stereocenters. The van der Waals surface area contributed by atoms with E-state index in [0.29, 0.717) is 10.9 Å². The van der Waals surface area contributed by atoms with E-state index in [9.17, 15) is 0 Å². The van der Waals surface area contributed by atoms with Crippen LogP contribution in [-0.4, -0.2) is 9.97 Å². The Morgan fingerprint density at radius 3 is 2.62 bits per heavy atom. The molecule has 0 fully saturated rings. The third-order valence-electron chi connectivity index (χ3n) is 3.40. The molecule has 1 unspecified atom stereocenters. The number of hydrogen-bond acceptors (Lipinski definition) is 4. The van der Waals surface area contributed by atoms with E-state index in [-0.39, 0.29) is 6.04 Å². The van der Waals surface area contributed by atoms with Gasteiger partial charge in [-0.2, -0.15) is 0 Å². The zero-order valence-corrected chi connectivity index (χ0v) is 14.4. The van der Waals surface area contributed by atoms with Crippen molar-refractivity contribution in [2.45, 2.75) is 33.7 Å². The van der Waals surface area contributed by atoms with Crippen LogP contribution < -0.4 is 11.1 Å². The van der Waals surface area contributed by atoms with Gasteiger partial charge in [-0.3, -0.25) is 0 Å². The number of nitrogens with two attached hydrogens (primary N) is 1. The molecule has 0 saturated carbocycles. The first-order valence-electron chi connectivity index (χ1n) is 6.98. The van der Waals surface area contributed by atoms with E-state index in [1.807, 2.05) is 19.9 Å². The fourth-order valence-electron chi connectivity index (χ4n) is 2.43.